The molecule has 2 aromatic carbocycles. The van der Waals surface area contributed by atoms with Gasteiger partial charge in [0.1, 0.15) is 17.8 Å². The van der Waals surface area contributed by atoms with Crippen molar-refractivity contribution in [1.82, 2.24) is 14.8 Å². The van der Waals surface area contributed by atoms with E-state index >= 15 is 0 Å². The van der Waals surface area contributed by atoms with E-state index in [1.807, 2.05) is 60.7 Å². The molecule has 0 saturated carbocycles. The Kier molecular flexibility index (Phi) is 5.13. The molecule has 0 bridgehead atoms. The number of carbonyl (C=O) groups excluding carboxylic acids is 2. The van der Waals surface area contributed by atoms with Gasteiger partial charge < -0.3 is 9.30 Å². The molecule has 2 aliphatic rings. The fourth-order valence-electron chi connectivity index (χ4n) is 3.26. The Balaban J connectivity index is 1.75. The Bertz CT molecular complexity index is 1180. The summed E-state index contributed by atoms with van der Waals surface area (Å²) in [5.41, 5.74) is 1.48. The summed E-state index contributed by atoms with van der Waals surface area (Å²) in [6, 6.07) is 18.5. The van der Waals surface area contributed by atoms with E-state index in [2.05, 4.69) is 10.2 Å². The van der Waals surface area contributed by atoms with E-state index in [4.69, 9.17) is 4.74 Å². The summed E-state index contributed by atoms with van der Waals surface area (Å²) in [5, 5.41) is 6.22. The van der Waals surface area contributed by atoms with Crippen LogP contribution in [0.1, 0.15) is 10.4 Å². The minimum atomic E-state index is -0.642. The van der Waals surface area contributed by atoms with Crippen LogP contribution in [0.5, 0.6) is 0 Å². The summed E-state index contributed by atoms with van der Waals surface area (Å²) in [4.78, 5) is 39.1. The van der Waals surface area contributed by atoms with Crippen LogP contribution in [0.25, 0.3) is 11.3 Å². The fraction of sp³-hybridized carbons (Fsp3) is 0.0909. The zero-order chi connectivity index (χ0) is 21.1. The zero-order valence-electron chi connectivity index (χ0n) is 16.1. The largest absolute Gasteiger partial charge is 0.465 e. The Morgan fingerprint density at radius 2 is 1.60 bits per heavy atom. The van der Waals surface area contributed by atoms with E-state index in [0.717, 1.165) is 0 Å². The van der Waals surface area contributed by atoms with Crippen molar-refractivity contribution in [2.45, 2.75) is 6.54 Å². The predicted molar refractivity (Wildman–Crippen MR) is 111 cm³/mol. The highest BCUT2D eigenvalue weighted by Gasteiger charge is 2.24. The summed E-state index contributed by atoms with van der Waals surface area (Å²) in [6.45, 7) is -0.103. The number of benzene rings is 2. The molecule has 2 aromatic rings. The lowest BCUT2D eigenvalue weighted by Gasteiger charge is -2.24. The highest BCUT2D eigenvalue weighted by atomic mass is 16.5. The first-order valence-corrected chi connectivity index (χ1v) is 9.18. The fourth-order valence-corrected chi connectivity index (χ4v) is 3.26. The maximum atomic E-state index is 13.3. The van der Waals surface area contributed by atoms with Crippen molar-refractivity contribution in [2.75, 3.05) is 12.0 Å². The quantitative estimate of drug-likeness (QED) is 0.518. The van der Waals surface area contributed by atoms with Gasteiger partial charge >= 0.3 is 5.97 Å². The maximum absolute atomic E-state index is 13.3. The van der Waals surface area contributed by atoms with Gasteiger partial charge in [0.05, 0.1) is 12.7 Å². The average Bonchev–Trinajstić information content (AvgIpc) is 3.15. The minimum Gasteiger partial charge on any atom is -0.465 e. The Labute approximate surface area is 171 Å². The van der Waals surface area contributed by atoms with Gasteiger partial charge in [0.25, 0.3) is 11.5 Å². The average molecular weight is 402 g/mol. The lowest BCUT2D eigenvalue weighted by atomic mass is 10.1. The van der Waals surface area contributed by atoms with Crippen LogP contribution < -0.4 is 10.5 Å². The molecule has 2 aliphatic heterocycles. The number of ether oxygens (including phenoxy) is 1. The number of carbonyl (C=O) groups is 2. The molecule has 0 aliphatic carbocycles. The van der Waals surface area contributed by atoms with Crippen molar-refractivity contribution >= 4 is 23.3 Å². The van der Waals surface area contributed by atoms with Gasteiger partial charge in [0, 0.05) is 23.8 Å². The Morgan fingerprint density at radius 1 is 1.00 bits per heavy atom. The molecule has 1 amide bonds. The van der Waals surface area contributed by atoms with Crippen LogP contribution in [0.4, 0.5) is 11.4 Å². The number of rotatable bonds is 5. The number of nitrogens with one attached hydrogen (secondary N) is 1. The zero-order valence-corrected chi connectivity index (χ0v) is 16.1. The number of fused-ring (bicyclic) bond motifs is 1. The molecule has 8 heteroatoms. The molecule has 1 N–H and O–H groups in total. The third-order valence-corrected chi connectivity index (χ3v) is 4.62. The number of pyridine rings is 1. The number of aromatic amines is 1. The molecule has 150 valence electrons. The van der Waals surface area contributed by atoms with E-state index < -0.39 is 11.5 Å². The monoisotopic (exact) mass is 402 g/mol. The van der Waals surface area contributed by atoms with Gasteiger partial charge in [-0.2, -0.15) is 5.10 Å². The lowest BCUT2D eigenvalue weighted by Crippen LogP contribution is -2.30. The highest BCUT2D eigenvalue weighted by Crippen LogP contribution is 2.26. The molecule has 2 heterocycles. The maximum Gasteiger partial charge on any atom is 0.341 e. The lowest BCUT2D eigenvalue weighted by molar-refractivity contribution is -0.118. The first kappa shape index (κ1) is 19.1. The third-order valence-electron chi connectivity index (χ3n) is 4.62. The number of esters is 1. The number of nitrogens with zero attached hydrogens (tertiary/aromatic N) is 3. The van der Waals surface area contributed by atoms with Gasteiger partial charge in [-0.3, -0.25) is 14.5 Å². The van der Waals surface area contributed by atoms with Crippen molar-refractivity contribution in [3.63, 3.8) is 0 Å². The van der Waals surface area contributed by atoms with E-state index in [1.165, 1.54) is 24.1 Å². The molecule has 0 saturated heterocycles. The predicted octanol–water partition coefficient (Wildman–Crippen LogP) is 2.83. The standard InChI is InChI=1S/C22H18N4O4/c1-30-22(29)18-13-25(12-17-20(18)23-24-21(17)28)14-19(27)26(15-8-4-2-5-9-15)16-10-6-3-7-11-16/h2-13H,14H2,1H3,(H,24,28). The van der Waals surface area contributed by atoms with E-state index in [-0.39, 0.29) is 29.3 Å². The topological polar surface area (TPSA) is 97.3 Å². The molecular formula is C22H18N4O4. The molecular weight excluding hydrogens is 384 g/mol. The molecule has 30 heavy (non-hydrogen) atoms. The summed E-state index contributed by atoms with van der Waals surface area (Å²) in [5.74, 6) is -0.889. The highest BCUT2D eigenvalue weighted by molar-refractivity contribution is 6.01. The van der Waals surface area contributed by atoms with Crippen molar-refractivity contribution < 1.29 is 14.3 Å². The van der Waals surface area contributed by atoms with E-state index in [0.29, 0.717) is 11.4 Å². The van der Waals surface area contributed by atoms with Crippen molar-refractivity contribution in [2.24, 2.45) is 0 Å². The van der Waals surface area contributed by atoms with Crippen LogP contribution in [0, 0.1) is 0 Å². The first-order valence-electron chi connectivity index (χ1n) is 9.18. The smallest absolute Gasteiger partial charge is 0.341 e. The van der Waals surface area contributed by atoms with Crippen molar-refractivity contribution in [3.8, 4) is 11.3 Å². The van der Waals surface area contributed by atoms with Crippen LogP contribution >= 0.6 is 0 Å². The molecule has 0 unspecified atom stereocenters. The first-order chi connectivity index (χ1) is 14.6. The molecule has 0 aromatic heterocycles. The molecule has 0 spiro atoms. The minimum absolute atomic E-state index is 0.103. The van der Waals surface area contributed by atoms with Crippen molar-refractivity contribution in [1.29, 1.82) is 0 Å². The second-order valence-corrected chi connectivity index (χ2v) is 6.55. The summed E-state index contributed by atoms with van der Waals surface area (Å²) in [7, 11) is 1.24. The number of hydrogen-bond acceptors (Lipinski definition) is 5. The molecule has 0 atom stereocenters. The number of amides is 1. The van der Waals surface area contributed by atoms with E-state index in [1.54, 1.807) is 4.90 Å². The molecule has 0 radical (unpaired) electrons. The number of aromatic nitrogens is 3. The van der Waals surface area contributed by atoms with Gasteiger partial charge in [0.15, 0.2) is 0 Å². The molecule has 4 rings (SSSR count). The normalized spacial score (nSPS) is 10.7. The van der Waals surface area contributed by atoms with Gasteiger partial charge in [-0.25, -0.2) is 9.89 Å². The van der Waals surface area contributed by atoms with Gasteiger partial charge in [0.2, 0.25) is 0 Å². The Morgan fingerprint density at radius 3 is 2.17 bits per heavy atom. The molecule has 8 nitrogen and oxygen atoms in total. The van der Waals surface area contributed by atoms with Crippen LogP contribution in [0.15, 0.2) is 77.9 Å². The number of para-hydroxylation sites is 2. The van der Waals surface area contributed by atoms with Crippen LogP contribution in [0.2, 0.25) is 0 Å². The van der Waals surface area contributed by atoms with Crippen LogP contribution in [-0.4, -0.2) is 33.8 Å². The summed E-state index contributed by atoms with van der Waals surface area (Å²) in [6.07, 6.45) is 2.96. The second kappa shape index (κ2) is 8.04. The number of methoxy groups -OCH3 is 1. The number of H-pyrrole nitrogens is 1. The number of hydrogen-bond donors (Lipinski definition) is 1. The van der Waals surface area contributed by atoms with Crippen LogP contribution in [0.3, 0.4) is 0 Å². The summed E-state index contributed by atoms with van der Waals surface area (Å²) >= 11 is 0. The van der Waals surface area contributed by atoms with Crippen molar-refractivity contribution in [3.05, 3.63) is 89.0 Å². The van der Waals surface area contributed by atoms with Crippen LogP contribution in [-0.2, 0) is 16.1 Å². The summed E-state index contributed by atoms with van der Waals surface area (Å²) < 4.78 is 6.29. The van der Waals surface area contributed by atoms with Gasteiger partial charge in [-0.15, -0.1) is 0 Å². The van der Waals surface area contributed by atoms with Gasteiger partial charge in [-0.05, 0) is 24.3 Å². The van der Waals surface area contributed by atoms with Gasteiger partial charge in [-0.1, -0.05) is 36.4 Å². The third kappa shape index (κ3) is 3.58. The van der Waals surface area contributed by atoms with E-state index in [9.17, 15) is 14.4 Å². The SMILES string of the molecule is COC(=O)c1cn(CC(=O)N(c2ccccc2)c2ccccc2)cc2c(=O)[nH]nc1-2. The number of anilines is 2. The molecule has 0 fully saturated rings. The second-order valence-electron chi connectivity index (χ2n) is 6.55. The Hall–Kier alpha value is -4.20.